The number of amides is 2. The summed E-state index contributed by atoms with van der Waals surface area (Å²) >= 11 is 0. The number of hydrogen-bond donors (Lipinski definition) is 2. The molecule has 210 valence electrons. The molecule has 40 heavy (non-hydrogen) atoms. The van der Waals surface area contributed by atoms with Crippen molar-refractivity contribution in [3.8, 4) is 5.75 Å². The third-order valence-corrected chi connectivity index (χ3v) is 8.64. The van der Waals surface area contributed by atoms with E-state index in [4.69, 9.17) is 4.74 Å². The predicted molar refractivity (Wildman–Crippen MR) is 154 cm³/mol. The minimum Gasteiger partial charge on any atom is -0.497 e. The average Bonchev–Trinajstić information content (AvgIpc) is 3.70. The molecule has 2 fully saturated rings. The number of halogens is 1. The molecule has 6 nitrogen and oxygen atoms in total. The van der Waals surface area contributed by atoms with Gasteiger partial charge in [-0.15, -0.1) is 0 Å². The van der Waals surface area contributed by atoms with Crippen LogP contribution in [-0.2, 0) is 27.0 Å². The van der Waals surface area contributed by atoms with Gasteiger partial charge in [0.1, 0.15) is 11.6 Å². The molecule has 1 saturated carbocycles. The lowest BCUT2D eigenvalue weighted by Crippen LogP contribution is -2.53. The molecule has 2 aliphatic rings. The number of benzene rings is 3. The Hall–Kier alpha value is -3.71. The Labute approximate surface area is 235 Å². The summed E-state index contributed by atoms with van der Waals surface area (Å²) < 4.78 is 18.7. The second-order valence-electron chi connectivity index (χ2n) is 11.2. The van der Waals surface area contributed by atoms with Crippen LogP contribution in [0.25, 0.3) is 0 Å². The summed E-state index contributed by atoms with van der Waals surface area (Å²) in [5, 5.41) is 6.42. The van der Waals surface area contributed by atoms with E-state index in [-0.39, 0.29) is 29.1 Å². The Balaban J connectivity index is 1.27. The van der Waals surface area contributed by atoms with E-state index in [1.165, 1.54) is 12.1 Å². The van der Waals surface area contributed by atoms with Crippen molar-refractivity contribution in [3.63, 3.8) is 0 Å². The molecule has 1 aliphatic carbocycles. The van der Waals surface area contributed by atoms with Crippen LogP contribution in [0.2, 0.25) is 0 Å². The largest absolute Gasteiger partial charge is 0.497 e. The van der Waals surface area contributed by atoms with Crippen molar-refractivity contribution in [2.24, 2.45) is 5.92 Å². The van der Waals surface area contributed by atoms with Crippen molar-refractivity contribution in [1.82, 2.24) is 15.5 Å². The Bertz CT molecular complexity index is 1320. The van der Waals surface area contributed by atoms with E-state index in [0.717, 1.165) is 61.3 Å². The molecule has 3 aromatic rings. The number of piperidine rings is 1. The minimum atomic E-state index is -0.608. The number of nitrogens with one attached hydrogen (secondary N) is 2. The molecule has 1 saturated heterocycles. The second kappa shape index (κ2) is 11.8. The minimum absolute atomic E-state index is 0.0196. The molecule has 0 aromatic heterocycles. The second-order valence-corrected chi connectivity index (χ2v) is 11.2. The standard InChI is InChI=1S/C33H38FN3O3/c1-24(38)36-32(26-7-4-3-5-8-26)16-19-37(20-17-32)23-28-22-33(28,27-9-6-10-30(21-27)40-2)31(39)35-18-15-25-11-13-29(34)14-12-25/h3-14,21,28H,15-20,22-23H2,1-2H3,(H,35,39)(H,36,38)/t28-,33+/m0/s1. The van der Waals surface area contributed by atoms with E-state index in [0.29, 0.717) is 13.0 Å². The molecule has 1 heterocycles. The molecule has 1 aliphatic heterocycles. The lowest BCUT2D eigenvalue weighted by atomic mass is 9.80. The topological polar surface area (TPSA) is 70.7 Å². The number of methoxy groups -OCH3 is 1. The van der Waals surface area contributed by atoms with Gasteiger partial charge in [-0.25, -0.2) is 4.39 Å². The van der Waals surface area contributed by atoms with E-state index in [2.05, 4.69) is 27.7 Å². The number of likely N-dealkylation sites (tertiary alicyclic amines) is 1. The zero-order valence-corrected chi connectivity index (χ0v) is 23.3. The van der Waals surface area contributed by atoms with E-state index in [1.807, 2.05) is 42.5 Å². The van der Waals surface area contributed by atoms with Crippen molar-refractivity contribution < 1.29 is 18.7 Å². The Morgan fingerprint density at radius 1 is 0.975 bits per heavy atom. The van der Waals surface area contributed by atoms with Gasteiger partial charge in [0.05, 0.1) is 18.1 Å². The van der Waals surface area contributed by atoms with E-state index in [1.54, 1.807) is 26.2 Å². The number of nitrogens with zero attached hydrogens (tertiary/aromatic N) is 1. The molecule has 5 rings (SSSR count). The fraction of sp³-hybridized carbons (Fsp3) is 0.394. The molecule has 2 N–H and O–H groups in total. The molecule has 3 aromatic carbocycles. The molecular weight excluding hydrogens is 505 g/mol. The van der Waals surface area contributed by atoms with Gasteiger partial charge in [-0.1, -0.05) is 54.6 Å². The van der Waals surface area contributed by atoms with Crippen LogP contribution < -0.4 is 15.4 Å². The number of rotatable bonds is 10. The van der Waals surface area contributed by atoms with Crippen molar-refractivity contribution in [2.45, 2.75) is 43.6 Å². The zero-order valence-electron chi connectivity index (χ0n) is 23.3. The van der Waals surface area contributed by atoms with Crippen molar-refractivity contribution in [3.05, 3.63) is 101 Å². The van der Waals surface area contributed by atoms with Crippen molar-refractivity contribution in [2.75, 3.05) is 33.3 Å². The highest BCUT2D eigenvalue weighted by molar-refractivity contribution is 5.92. The molecule has 2 atom stereocenters. The van der Waals surface area contributed by atoms with Crippen LogP contribution in [0.3, 0.4) is 0 Å². The quantitative estimate of drug-likeness (QED) is 0.393. The number of hydrogen-bond acceptors (Lipinski definition) is 4. The van der Waals surface area contributed by atoms with Crippen LogP contribution >= 0.6 is 0 Å². The Morgan fingerprint density at radius 3 is 2.35 bits per heavy atom. The summed E-state index contributed by atoms with van der Waals surface area (Å²) in [6.07, 6.45) is 3.05. The first-order chi connectivity index (χ1) is 19.3. The fourth-order valence-electron chi connectivity index (χ4n) is 6.35. The predicted octanol–water partition coefficient (Wildman–Crippen LogP) is 4.58. The van der Waals surface area contributed by atoms with Gasteiger partial charge in [-0.3, -0.25) is 9.59 Å². The van der Waals surface area contributed by atoms with Crippen LogP contribution in [0.1, 0.15) is 42.9 Å². The fourth-order valence-corrected chi connectivity index (χ4v) is 6.35. The lowest BCUT2D eigenvalue weighted by Gasteiger charge is -2.43. The Kier molecular flexibility index (Phi) is 8.22. The first-order valence-corrected chi connectivity index (χ1v) is 14.1. The van der Waals surface area contributed by atoms with Crippen LogP contribution in [0.15, 0.2) is 78.9 Å². The summed E-state index contributed by atoms with van der Waals surface area (Å²) in [6, 6.07) is 24.5. The SMILES string of the molecule is COc1cccc([C@]2(C(=O)NCCc3ccc(F)cc3)C[C@H]2CN2CCC(NC(C)=O)(c3ccccc3)CC2)c1. The monoisotopic (exact) mass is 543 g/mol. The third kappa shape index (κ3) is 5.89. The number of carbonyl (C=O) groups is 2. The molecule has 0 radical (unpaired) electrons. The first-order valence-electron chi connectivity index (χ1n) is 14.1. The van der Waals surface area contributed by atoms with Gasteiger partial charge >= 0.3 is 0 Å². The maximum atomic E-state index is 13.8. The van der Waals surface area contributed by atoms with E-state index >= 15 is 0 Å². The normalized spacial score (nSPS) is 21.8. The summed E-state index contributed by atoms with van der Waals surface area (Å²) in [6.45, 7) is 4.56. The molecular formula is C33H38FN3O3. The van der Waals surface area contributed by atoms with Crippen molar-refractivity contribution in [1.29, 1.82) is 0 Å². The lowest BCUT2D eigenvalue weighted by molar-refractivity contribution is -0.124. The average molecular weight is 544 g/mol. The number of ether oxygens (including phenoxy) is 1. The van der Waals surface area contributed by atoms with E-state index in [9.17, 15) is 14.0 Å². The smallest absolute Gasteiger partial charge is 0.231 e. The highest BCUT2D eigenvalue weighted by atomic mass is 19.1. The van der Waals surface area contributed by atoms with Gasteiger partial charge in [0.25, 0.3) is 0 Å². The summed E-state index contributed by atoms with van der Waals surface area (Å²) in [5.41, 5.74) is 2.13. The number of carbonyl (C=O) groups excluding carboxylic acids is 2. The van der Waals surface area contributed by atoms with Gasteiger partial charge < -0.3 is 20.3 Å². The zero-order chi connectivity index (χ0) is 28.2. The summed E-state index contributed by atoms with van der Waals surface area (Å²) in [5.74, 6) is 0.662. The highest BCUT2D eigenvalue weighted by Crippen LogP contribution is 2.55. The maximum Gasteiger partial charge on any atom is 0.231 e. The van der Waals surface area contributed by atoms with Crippen molar-refractivity contribution >= 4 is 11.8 Å². The highest BCUT2D eigenvalue weighted by Gasteiger charge is 2.61. The molecule has 0 bridgehead atoms. The summed E-state index contributed by atoms with van der Waals surface area (Å²) in [7, 11) is 1.64. The van der Waals surface area contributed by atoms with Gasteiger partial charge in [0, 0.05) is 33.1 Å². The van der Waals surface area contributed by atoms with Crippen LogP contribution in [0.5, 0.6) is 5.75 Å². The molecule has 7 heteroatoms. The molecule has 2 amide bonds. The van der Waals surface area contributed by atoms with Gasteiger partial charge in [0.2, 0.25) is 11.8 Å². The molecule has 0 spiro atoms. The maximum absolute atomic E-state index is 13.8. The molecule has 0 unspecified atom stereocenters. The Morgan fingerprint density at radius 2 is 1.68 bits per heavy atom. The third-order valence-electron chi connectivity index (χ3n) is 8.64. The van der Waals surface area contributed by atoms with Crippen LogP contribution in [0.4, 0.5) is 4.39 Å². The van der Waals surface area contributed by atoms with Crippen LogP contribution in [0, 0.1) is 11.7 Å². The van der Waals surface area contributed by atoms with Gasteiger partial charge in [-0.2, -0.15) is 0 Å². The summed E-state index contributed by atoms with van der Waals surface area (Å²) in [4.78, 5) is 28.3. The van der Waals surface area contributed by atoms with Gasteiger partial charge in [-0.05, 0) is 72.6 Å². The van der Waals surface area contributed by atoms with Crippen LogP contribution in [-0.4, -0.2) is 50.0 Å². The first kappa shape index (κ1) is 27.8. The van der Waals surface area contributed by atoms with Gasteiger partial charge in [0.15, 0.2) is 0 Å². The van der Waals surface area contributed by atoms with E-state index < -0.39 is 5.41 Å².